The van der Waals surface area contributed by atoms with Crippen LogP contribution < -0.4 is 15.5 Å². The fourth-order valence-electron chi connectivity index (χ4n) is 2.50. The Kier molecular flexibility index (Phi) is 6.76. The lowest BCUT2D eigenvalue weighted by Crippen LogP contribution is -2.21. The number of halogens is 1. The van der Waals surface area contributed by atoms with Gasteiger partial charge in [0.25, 0.3) is 11.8 Å². The number of hydrazone groups is 1. The van der Waals surface area contributed by atoms with Crippen molar-refractivity contribution < 1.29 is 14.3 Å². The average molecular weight is 452 g/mol. The van der Waals surface area contributed by atoms with Crippen LogP contribution in [0.1, 0.15) is 26.3 Å². The molecule has 7 heteroatoms. The number of nitrogens with zero attached hydrogens (tertiary/aromatic N) is 1. The number of amides is 2. The summed E-state index contributed by atoms with van der Waals surface area (Å²) in [4.78, 5) is 25.0. The van der Waals surface area contributed by atoms with Gasteiger partial charge in [-0.3, -0.25) is 9.59 Å². The zero-order chi connectivity index (χ0) is 20.6. The van der Waals surface area contributed by atoms with Crippen LogP contribution in [0.5, 0.6) is 5.75 Å². The predicted molar refractivity (Wildman–Crippen MR) is 117 cm³/mol. The Morgan fingerprint density at radius 1 is 0.931 bits per heavy atom. The SMILES string of the molecule is COc1ccc(/C=N\NC(=O)c2ccccc2NC(=O)c2ccc(Br)cc2)cc1. The molecule has 0 bridgehead atoms. The van der Waals surface area contributed by atoms with Crippen LogP contribution in [-0.4, -0.2) is 25.1 Å². The van der Waals surface area contributed by atoms with E-state index in [1.165, 1.54) is 6.21 Å². The third-order valence-electron chi connectivity index (χ3n) is 4.02. The second-order valence-electron chi connectivity index (χ2n) is 5.98. The topological polar surface area (TPSA) is 79.8 Å². The van der Waals surface area contributed by atoms with Crippen molar-refractivity contribution in [2.24, 2.45) is 5.10 Å². The molecule has 0 spiro atoms. The van der Waals surface area contributed by atoms with E-state index in [4.69, 9.17) is 4.74 Å². The first-order valence-electron chi connectivity index (χ1n) is 8.70. The van der Waals surface area contributed by atoms with Gasteiger partial charge in [0.05, 0.1) is 24.6 Å². The average Bonchev–Trinajstić information content (AvgIpc) is 2.75. The maximum absolute atomic E-state index is 12.5. The van der Waals surface area contributed by atoms with Crippen LogP contribution in [0, 0.1) is 0 Å². The molecule has 146 valence electrons. The highest BCUT2D eigenvalue weighted by Crippen LogP contribution is 2.17. The molecule has 3 aromatic carbocycles. The molecular formula is C22H18BrN3O3. The third kappa shape index (κ3) is 5.52. The molecule has 3 aromatic rings. The van der Waals surface area contributed by atoms with Crippen LogP contribution in [0.3, 0.4) is 0 Å². The molecule has 0 heterocycles. The molecule has 0 fully saturated rings. The molecule has 0 aliphatic rings. The second kappa shape index (κ2) is 9.66. The van der Waals surface area contributed by atoms with Crippen LogP contribution in [0.4, 0.5) is 5.69 Å². The first-order chi connectivity index (χ1) is 14.1. The Labute approximate surface area is 176 Å². The molecule has 0 aliphatic carbocycles. The molecule has 0 atom stereocenters. The van der Waals surface area contributed by atoms with Gasteiger partial charge >= 0.3 is 0 Å². The summed E-state index contributed by atoms with van der Waals surface area (Å²) in [6.45, 7) is 0. The van der Waals surface area contributed by atoms with Gasteiger partial charge in [-0.05, 0) is 66.2 Å². The van der Waals surface area contributed by atoms with Crippen molar-refractivity contribution in [2.45, 2.75) is 0 Å². The smallest absolute Gasteiger partial charge is 0.273 e. The van der Waals surface area contributed by atoms with Gasteiger partial charge in [0, 0.05) is 10.0 Å². The van der Waals surface area contributed by atoms with Crippen LogP contribution >= 0.6 is 15.9 Å². The molecule has 0 radical (unpaired) electrons. The largest absolute Gasteiger partial charge is 0.497 e. The lowest BCUT2D eigenvalue weighted by atomic mass is 10.1. The van der Waals surface area contributed by atoms with Crippen LogP contribution in [0.2, 0.25) is 0 Å². The Balaban J connectivity index is 1.68. The molecule has 0 unspecified atom stereocenters. The molecule has 0 saturated heterocycles. The Hall–Kier alpha value is -3.45. The van der Waals surface area contributed by atoms with E-state index in [9.17, 15) is 9.59 Å². The van der Waals surface area contributed by atoms with Crippen molar-refractivity contribution in [1.82, 2.24) is 5.43 Å². The molecule has 0 aromatic heterocycles. The fourth-order valence-corrected chi connectivity index (χ4v) is 2.77. The second-order valence-corrected chi connectivity index (χ2v) is 6.89. The number of ether oxygens (including phenoxy) is 1. The van der Waals surface area contributed by atoms with Gasteiger partial charge in [0.15, 0.2) is 0 Å². The molecule has 0 aliphatic heterocycles. The summed E-state index contributed by atoms with van der Waals surface area (Å²) < 4.78 is 5.98. The van der Waals surface area contributed by atoms with Gasteiger partial charge in [0.1, 0.15) is 5.75 Å². The first-order valence-corrected chi connectivity index (χ1v) is 9.49. The van der Waals surface area contributed by atoms with E-state index in [0.29, 0.717) is 16.8 Å². The van der Waals surface area contributed by atoms with Crippen molar-refractivity contribution in [2.75, 3.05) is 12.4 Å². The van der Waals surface area contributed by atoms with Crippen molar-refractivity contribution >= 4 is 39.6 Å². The van der Waals surface area contributed by atoms with Crippen molar-refractivity contribution in [1.29, 1.82) is 0 Å². The molecule has 0 saturated carbocycles. The van der Waals surface area contributed by atoms with Gasteiger partial charge in [-0.2, -0.15) is 5.10 Å². The van der Waals surface area contributed by atoms with Gasteiger partial charge in [0.2, 0.25) is 0 Å². The predicted octanol–water partition coefficient (Wildman–Crippen LogP) is 4.47. The number of hydrogen-bond donors (Lipinski definition) is 2. The van der Waals surface area contributed by atoms with Crippen molar-refractivity contribution in [3.8, 4) is 5.75 Å². The maximum Gasteiger partial charge on any atom is 0.273 e. The van der Waals surface area contributed by atoms with Crippen molar-refractivity contribution in [3.05, 3.63) is 94.0 Å². The standard InChI is InChI=1S/C22H18BrN3O3/c1-29-18-12-6-15(7-13-18)14-24-26-22(28)19-4-2-3-5-20(19)25-21(27)16-8-10-17(23)11-9-16/h2-14H,1H3,(H,25,27)(H,26,28)/b24-14-. The quantitative estimate of drug-likeness (QED) is 0.428. The number of methoxy groups -OCH3 is 1. The van der Waals surface area contributed by atoms with Crippen LogP contribution in [-0.2, 0) is 0 Å². The Morgan fingerprint density at radius 3 is 2.31 bits per heavy atom. The molecule has 3 rings (SSSR count). The first kappa shape index (κ1) is 20.3. The Morgan fingerprint density at radius 2 is 1.62 bits per heavy atom. The zero-order valence-corrected chi connectivity index (χ0v) is 17.1. The number of carbonyl (C=O) groups excluding carboxylic acids is 2. The van der Waals surface area contributed by atoms with Crippen LogP contribution in [0.25, 0.3) is 0 Å². The van der Waals surface area contributed by atoms with Gasteiger partial charge in [-0.25, -0.2) is 5.43 Å². The van der Waals surface area contributed by atoms with Gasteiger partial charge in [-0.1, -0.05) is 28.1 Å². The summed E-state index contributed by atoms with van der Waals surface area (Å²) in [5.41, 5.74) is 4.48. The van der Waals surface area contributed by atoms with Gasteiger partial charge < -0.3 is 10.1 Å². The fraction of sp³-hybridized carbons (Fsp3) is 0.0455. The summed E-state index contributed by atoms with van der Waals surface area (Å²) in [6.07, 6.45) is 1.53. The van der Waals surface area contributed by atoms with E-state index in [-0.39, 0.29) is 5.91 Å². The van der Waals surface area contributed by atoms with E-state index >= 15 is 0 Å². The zero-order valence-electron chi connectivity index (χ0n) is 15.6. The number of anilines is 1. The highest BCUT2D eigenvalue weighted by Gasteiger charge is 2.13. The van der Waals surface area contributed by atoms with E-state index in [2.05, 4.69) is 31.8 Å². The molecule has 6 nitrogen and oxygen atoms in total. The number of rotatable bonds is 6. The minimum Gasteiger partial charge on any atom is -0.497 e. The molecule has 29 heavy (non-hydrogen) atoms. The summed E-state index contributed by atoms with van der Waals surface area (Å²) in [7, 11) is 1.59. The summed E-state index contributed by atoms with van der Waals surface area (Å²) >= 11 is 3.34. The van der Waals surface area contributed by atoms with E-state index < -0.39 is 5.91 Å². The molecular weight excluding hydrogens is 434 g/mol. The maximum atomic E-state index is 12.5. The number of para-hydroxylation sites is 1. The highest BCUT2D eigenvalue weighted by molar-refractivity contribution is 9.10. The normalized spacial score (nSPS) is 10.6. The minimum absolute atomic E-state index is 0.306. The number of benzene rings is 3. The highest BCUT2D eigenvalue weighted by atomic mass is 79.9. The van der Waals surface area contributed by atoms with Crippen molar-refractivity contribution in [3.63, 3.8) is 0 Å². The lowest BCUT2D eigenvalue weighted by Gasteiger charge is -2.10. The third-order valence-corrected chi connectivity index (χ3v) is 4.55. The summed E-state index contributed by atoms with van der Waals surface area (Å²) in [5.74, 6) is 0.00239. The van der Waals surface area contributed by atoms with E-state index in [1.807, 2.05) is 12.1 Å². The number of carbonyl (C=O) groups is 2. The van der Waals surface area contributed by atoms with E-state index in [0.717, 1.165) is 15.8 Å². The Bertz CT molecular complexity index is 1030. The van der Waals surface area contributed by atoms with Gasteiger partial charge in [-0.15, -0.1) is 0 Å². The molecule has 2 N–H and O–H groups in total. The molecule has 2 amide bonds. The van der Waals surface area contributed by atoms with Crippen LogP contribution in [0.15, 0.2) is 82.4 Å². The summed E-state index contributed by atoms with van der Waals surface area (Å²) in [6, 6.07) is 20.9. The summed E-state index contributed by atoms with van der Waals surface area (Å²) in [5, 5.41) is 6.75. The number of nitrogens with one attached hydrogen (secondary N) is 2. The van der Waals surface area contributed by atoms with E-state index in [1.54, 1.807) is 67.8 Å². The number of hydrogen-bond acceptors (Lipinski definition) is 4. The lowest BCUT2D eigenvalue weighted by molar-refractivity contribution is 0.0956. The minimum atomic E-state index is -0.429. The monoisotopic (exact) mass is 451 g/mol.